The Morgan fingerprint density at radius 2 is 1.70 bits per heavy atom. The van der Waals surface area contributed by atoms with Crippen LogP contribution >= 0.6 is 12.4 Å². The average Bonchev–Trinajstić information content (AvgIpc) is 3.28. The Balaban J connectivity index is 0.00000320. The van der Waals surface area contributed by atoms with Crippen LogP contribution in [0.3, 0.4) is 0 Å². The van der Waals surface area contributed by atoms with Crippen molar-refractivity contribution in [3.8, 4) is 11.5 Å². The number of ether oxygens (including phenoxy) is 2. The Hall–Kier alpha value is -2.57. The molecule has 162 valence electrons. The molecular formula is C23H29ClN2O4. The number of rotatable bonds is 8. The van der Waals surface area contributed by atoms with Gasteiger partial charge >= 0.3 is 0 Å². The van der Waals surface area contributed by atoms with Gasteiger partial charge in [0.1, 0.15) is 0 Å². The third-order valence-corrected chi connectivity index (χ3v) is 5.11. The molecule has 0 bridgehead atoms. The van der Waals surface area contributed by atoms with Gasteiger partial charge in [-0.2, -0.15) is 0 Å². The number of amides is 1. The minimum atomic E-state index is -0.212. The van der Waals surface area contributed by atoms with Crippen molar-refractivity contribution < 1.29 is 19.1 Å². The molecule has 2 aromatic rings. The molecule has 1 fully saturated rings. The molecule has 1 aliphatic heterocycles. The van der Waals surface area contributed by atoms with Crippen LogP contribution in [-0.4, -0.2) is 56.0 Å². The summed E-state index contributed by atoms with van der Waals surface area (Å²) in [5.74, 6) is 0.774. The van der Waals surface area contributed by atoms with E-state index in [1.165, 1.54) is 0 Å². The summed E-state index contributed by atoms with van der Waals surface area (Å²) in [6.45, 7) is 6.42. The minimum absolute atomic E-state index is 0. The summed E-state index contributed by atoms with van der Waals surface area (Å²) >= 11 is 0. The molecule has 1 atom stereocenters. The molecular weight excluding hydrogens is 404 g/mol. The van der Waals surface area contributed by atoms with Crippen molar-refractivity contribution in [3.63, 3.8) is 0 Å². The zero-order chi connectivity index (χ0) is 20.8. The monoisotopic (exact) mass is 432 g/mol. The van der Waals surface area contributed by atoms with E-state index in [0.717, 1.165) is 19.5 Å². The van der Waals surface area contributed by atoms with E-state index in [1.54, 1.807) is 54.4 Å². The number of hydrogen-bond acceptors (Lipinski definition) is 5. The first-order valence-corrected chi connectivity index (χ1v) is 10.1. The summed E-state index contributed by atoms with van der Waals surface area (Å²) in [4.78, 5) is 28.1. The van der Waals surface area contributed by atoms with E-state index < -0.39 is 0 Å². The van der Waals surface area contributed by atoms with Crippen LogP contribution in [0, 0.1) is 0 Å². The maximum absolute atomic E-state index is 13.3. The quantitative estimate of drug-likeness (QED) is 0.646. The second kappa shape index (κ2) is 11.0. The van der Waals surface area contributed by atoms with Crippen LogP contribution in [0.15, 0.2) is 42.5 Å². The summed E-state index contributed by atoms with van der Waals surface area (Å²) in [6, 6.07) is 12.3. The van der Waals surface area contributed by atoms with Gasteiger partial charge in [-0.3, -0.25) is 9.59 Å². The number of benzene rings is 2. The Labute approximate surface area is 184 Å². The topological polar surface area (TPSA) is 67.9 Å². The number of nitrogens with zero attached hydrogens (tertiary/aromatic N) is 1. The number of likely N-dealkylation sites (N-methyl/N-ethyl adjacent to an activating group) is 1. The lowest BCUT2D eigenvalue weighted by Crippen LogP contribution is -2.39. The normalized spacial score (nSPS) is 15.2. The summed E-state index contributed by atoms with van der Waals surface area (Å²) < 4.78 is 11.2. The smallest absolute Gasteiger partial charge is 0.254 e. The van der Waals surface area contributed by atoms with Crippen molar-refractivity contribution in [3.05, 3.63) is 59.2 Å². The van der Waals surface area contributed by atoms with E-state index in [4.69, 9.17) is 9.47 Å². The van der Waals surface area contributed by atoms with Crippen LogP contribution in [0.2, 0.25) is 0 Å². The van der Waals surface area contributed by atoms with E-state index in [1.807, 2.05) is 13.8 Å². The Kier molecular flexibility index (Phi) is 8.69. The van der Waals surface area contributed by atoms with Crippen LogP contribution in [0.5, 0.6) is 11.5 Å². The highest BCUT2D eigenvalue weighted by atomic mass is 35.5. The first-order chi connectivity index (χ1) is 14.1. The molecule has 1 aliphatic rings. The fraction of sp³-hybridized carbons (Fsp3) is 0.391. The maximum atomic E-state index is 13.3. The number of carbonyl (C=O) groups is 2. The SMILES string of the molecule is CCOc1ccc(C(=O)c2ccccc2C(=O)N(C)C2CCNC2)cc1OCC.Cl. The standard InChI is InChI=1S/C23H28N2O4.ClH/c1-4-28-20-11-10-16(14-21(20)29-5-2)22(26)18-8-6-7-9-19(18)23(27)25(3)17-12-13-24-15-17;/h6-11,14,17,24H,4-5,12-13,15H2,1-3H3;1H. The van der Waals surface area contributed by atoms with Crippen LogP contribution < -0.4 is 14.8 Å². The van der Waals surface area contributed by atoms with Gasteiger partial charge in [-0.15, -0.1) is 12.4 Å². The predicted octanol–water partition coefficient (Wildman–Crippen LogP) is 3.57. The fourth-order valence-corrected chi connectivity index (χ4v) is 3.54. The number of hydrogen-bond donors (Lipinski definition) is 1. The molecule has 1 N–H and O–H groups in total. The first kappa shape index (κ1) is 23.7. The van der Waals surface area contributed by atoms with E-state index in [0.29, 0.717) is 41.4 Å². The highest BCUT2D eigenvalue weighted by Gasteiger charge is 2.27. The van der Waals surface area contributed by atoms with Crippen LogP contribution in [0.1, 0.15) is 46.5 Å². The van der Waals surface area contributed by atoms with E-state index >= 15 is 0 Å². The van der Waals surface area contributed by atoms with Gasteiger partial charge in [-0.25, -0.2) is 0 Å². The zero-order valence-corrected chi connectivity index (χ0v) is 18.5. The van der Waals surface area contributed by atoms with Gasteiger partial charge in [-0.1, -0.05) is 18.2 Å². The predicted molar refractivity (Wildman–Crippen MR) is 119 cm³/mol. The Bertz CT molecular complexity index is 881. The third kappa shape index (κ3) is 5.12. The van der Waals surface area contributed by atoms with Crippen molar-refractivity contribution in [1.29, 1.82) is 0 Å². The van der Waals surface area contributed by atoms with Crippen molar-refractivity contribution >= 4 is 24.1 Å². The lowest BCUT2D eigenvalue weighted by Gasteiger charge is -2.24. The molecule has 0 spiro atoms. The number of carbonyl (C=O) groups excluding carboxylic acids is 2. The van der Waals surface area contributed by atoms with Gasteiger partial charge in [0.15, 0.2) is 17.3 Å². The van der Waals surface area contributed by atoms with Crippen LogP contribution in [0.25, 0.3) is 0 Å². The molecule has 0 aliphatic carbocycles. The highest BCUT2D eigenvalue weighted by Crippen LogP contribution is 2.30. The third-order valence-electron chi connectivity index (χ3n) is 5.11. The molecule has 1 heterocycles. The summed E-state index contributed by atoms with van der Waals surface area (Å²) in [5.41, 5.74) is 1.27. The molecule has 6 nitrogen and oxygen atoms in total. The second-order valence-electron chi connectivity index (χ2n) is 6.96. The van der Waals surface area contributed by atoms with Gasteiger partial charge < -0.3 is 19.7 Å². The minimum Gasteiger partial charge on any atom is -0.490 e. The van der Waals surface area contributed by atoms with Crippen molar-refractivity contribution in [2.45, 2.75) is 26.3 Å². The average molecular weight is 433 g/mol. The molecule has 0 aromatic heterocycles. The number of ketones is 1. The van der Waals surface area contributed by atoms with Crippen molar-refractivity contribution in [2.24, 2.45) is 0 Å². The lowest BCUT2D eigenvalue weighted by molar-refractivity contribution is 0.0739. The van der Waals surface area contributed by atoms with Gasteiger partial charge in [0.25, 0.3) is 5.91 Å². The van der Waals surface area contributed by atoms with Gasteiger partial charge in [0.05, 0.1) is 18.8 Å². The molecule has 0 saturated carbocycles. The van der Waals surface area contributed by atoms with E-state index in [2.05, 4.69) is 5.32 Å². The largest absolute Gasteiger partial charge is 0.490 e. The molecule has 1 unspecified atom stereocenters. The molecule has 2 aromatic carbocycles. The zero-order valence-electron chi connectivity index (χ0n) is 17.6. The molecule has 1 amide bonds. The maximum Gasteiger partial charge on any atom is 0.254 e. The van der Waals surface area contributed by atoms with Gasteiger partial charge in [0, 0.05) is 30.8 Å². The molecule has 1 saturated heterocycles. The first-order valence-electron chi connectivity index (χ1n) is 10.1. The summed E-state index contributed by atoms with van der Waals surface area (Å²) in [7, 11) is 1.80. The summed E-state index contributed by atoms with van der Waals surface area (Å²) in [6.07, 6.45) is 0.912. The number of halogens is 1. The van der Waals surface area contributed by atoms with Crippen LogP contribution in [-0.2, 0) is 0 Å². The molecule has 30 heavy (non-hydrogen) atoms. The summed E-state index contributed by atoms with van der Waals surface area (Å²) in [5, 5.41) is 3.27. The second-order valence-corrected chi connectivity index (χ2v) is 6.96. The molecule has 3 rings (SSSR count). The van der Waals surface area contributed by atoms with Gasteiger partial charge in [-0.05, 0) is 51.1 Å². The Morgan fingerprint density at radius 1 is 1.03 bits per heavy atom. The lowest BCUT2D eigenvalue weighted by atomic mass is 9.97. The van der Waals surface area contributed by atoms with Crippen LogP contribution in [0.4, 0.5) is 0 Å². The Morgan fingerprint density at radius 3 is 2.33 bits per heavy atom. The van der Waals surface area contributed by atoms with Crippen molar-refractivity contribution in [2.75, 3.05) is 33.4 Å². The van der Waals surface area contributed by atoms with E-state index in [9.17, 15) is 9.59 Å². The van der Waals surface area contributed by atoms with Crippen molar-refractivity contribution in [1.82, 2.24) is 10.2 Å². The number of nitrogens with one attached hydrogen (secondary N) is 1. The molecule has 0 radical (unpaired) electrons. The van der Waals surface area contributed by atoms with E-state index in [-0.39, 0.29) is 30.1 Å². The van der Waals surface area contributed by atoms with Gasteiger partial charge in [0.2, 0.25) is 0 Å². The molecule has 7 heteroatoms. The fourth-order valence-electron chi connectivity index (χ4n) is 3.54. The highest BCUT2D eigenvalue weighted by molar-refractivity contribution is 6.15.